The average Bonchev–Trinajstić information content (AvgIpc) is 2.73. The van der Waals surface area contributed by atoms with Crippen molar-refractivity contribution in [3.05, 3.63) is 0 Å². The zero-order valence-electron chi connectivity index (χ0n) is 20.4. The van der Waals surface area contributed by atoms with Crippen molar-refractivity contribution in [3.63, 3.8) is 0 Å². The van der Waals surface area contributed by atoms with E-state index in [0.29, 0.717) is 32.0 Å². The first kappa shape index (κ1) is 30.6. The molecule has 0 saturated carbocycles. The summed E-state index contributed by atoms with van der Waals surface area (Å²) in [6.07, 6.45) is 7.34. The second-order valence-electron chi connectivity index (χ2n) is 8.03. The van der Waals surface area contributed by atoms with E-state index in [9.17, 15) is 14.4 Å². The first-order valence-corrected chi connectivity index (χ1v) is 11.7. The van der Waals surface area contributed by atoms with Gasteiger partial charge in [-0.2, -0.15) is 0 Å². The summed E-state index contributed by atoms with van der Waals surface area (Å²) in [7, 11) is 0. The van der Waals surface area contributed by atoms with Crippen LogP contribution in [0.25, 0.3) is 0 Å². The van der Waals surface area contributed by atoms with Gasteiger partial charge in [-0.15, -0.1) is 0 Å². The molecule has 0 heterocycles. The lowest BCUT2D eigenvalue weighted by atomic mass is 9.95. The number of aliphatic carboxylic acids is 1. The fraction of sp³-hybridized carbons (Fsp3) is 0.875. The summed E-state index contributed by atoms with van der Waals surface area (Å²) in [5, 5.41) is 8.18. The summed E-state index contributed by atoms with van der Waals surface area (Å²) in [5.74, 6) is -0.988. The smallest absolute Gasteiger partial charge is 0.308 e. The van der Waals surface area contributed by atoms with E-state index in [1.54, 1.807) is 13.8 Å². The van der Waals surface area contributed by atoms with Crippen LogP contribution in [0.2, 0.25) is 0 Å². The van der Waals surface area contributed by atoms with E-state index in [1.165, 1.54) is 12.8 Å². The van der Waals surface area contributed by atoms with E-state index < -0.39 is 5.97 Å². The standard InChI is InChI=1S/C19H36O4.C5H10O2/c1-6-10-11-16(7-2)14-23-19(21)17(8-3)13-12-15(5)18(20)22-9-4;1-3-4(2)5(6)7/h15-17H,6-14H2,1-5H3;4H,3H2,1-2H3,(H,6,7). The Balaban J connectivity index is 0. The van der Waals surface area contributed by atoms with Crippen molar-refractivity contribution in [3.8, 4) is 0 Å². The van der Waals surface area contributed by atoms with Crippen LogP contribution >= 0.6 is 0 Å². The van der Waals surface area contributed by atoms with Gasteiger partial charge in [0.05, 0.1) is 31.0 Å². The summed E-state index contributed by atoms with van der Waals surface area (Å²) >= 11 is 0. The van der Waals surface area contributed by atoms with E-state index >= 15 is 0 Å². The predicted octanol–water partition coefficient (Wildman–Crippen LogP) is 5.87. The third-order valence-electron chi connectivity index (χ3n) is 5.50. The lowest BCUT2D eigenvalue weighted by Gasteiger charge is -2.19. The summed E-state index contributed by atoms with van der Waals surface area (Å²) < 4.78 is 10.5. The van der Waals surface area contributed by atoms with Gasteiger partial charge in [0.2, 0.25) is 0 Å². The van der Waals surface area contributed by atoms with Crippen molar-refractivity contribution >= 4 is 17.9 Å². The van der Waals surface area contributed by atoms with Gasteiger partial charge in [-0.05, 0) is 44.9 Å². The topological polar surface area (TPSA) is 89.9 Å². The highest BCUT2D eigenvalue weighted by Gasteiger charge is 2.22. The Labute approximate surface area is 184 Å². The van der Waals surface area contributed by atoms with Crippen molar-refractivity contribution in [2.75, 3.05) is 13.2 Å². The molecule has 0 aromatic rings. The molecule has 0 aliphatic heterocycles. The van der Waals surface area contributed by atoms with Crippen molar-refractivity contribution in [1.82, 2.24) is 0 Å². The molecule has 0 fully saturated rings. The van der Waals surface area contributed by atoms with Crippen LogP contribution in [0.3, 0.4) is 0 Å². The molecule has 0 radical (unpaired) electrons. The molecule has 0 aromatic carbocycles. The second kappa shape index (κ2) is 19.4. The summed E-state index contributed by atoms with van der Waals surface area (Å²) in [5.41, 5.74) is 0. The lowest BCUT2D eigenvalue weighted by molar-refractivity contribution is -0.152. The van der Waals surface area contributed by atoms with Gasteiger partial charge in [-0.1, -0.05) is 60.8 Å². The Morgan fingerprint density at radius 2 is 1.40 bits per heavy atom. The maximum absolute atomic E-state index is 12.2. The van der Waals surface area contributed by atoms with E-state index in [4.69, 9.17) is 14.6 Å². The van der Waals surface area contributed by atoms with Crippen LogP contribution in [-0.2, 0) is 23.9 Å². The minimum absolute atomic E-state index is 0.112. The zero-order chi connectivity index (χ0) is 23.5. The fourth-order valence-electron chi connectivity index (χ4n) is 2.73. The number of esters is 2. The molecule has 0 saturated heterocycles. The number of carboxylic acid groups (broad SMARTS) is 1. The Morgan fingerprint density at radius 1 is 0.767 bits per heavy atom. The maximum Gasteiger partial charge on any atom is 0.308 e. The molecule has 0 rings (SSSR count). The molecule has 4 unspecified atom stereocenters. The van der Waals surface area contributed by atoms with E-state index in [1.807, 2.05) is 20.8 Å². The number of unbranched alkanes of at least 4 members (excludes halogenated alkanes) is 1. The third kappa shape index (κ3) is 15.3. The molecule has 0 bridgehead atoms. The maximum atomic E-state index is 12.2. The number of ether oxygens (including phenoxy) is 2. The van der Waals surface area contributed by atoms with E-state index in [-0.39, 0.29) is 29.7 Å². The number of carboxylic acids is 1. The van der Waals surface area contributed by atoms with Crippen molar-refractivity contribution < 1.29 is 29.0 Å². The molecular weight excluding hydrogens is 384 g/mol. The summed E-state index contributed by atoms with van der Waals surface area (Å²) in [4.78, 5) is 33.8. The molecule has 0 aliphatic carbocycles. The zero-order valence-corrected chi connectivity index (χ0v) is 20.4. The average molecular weight is 431 g/mol. The minimum Gasteiger partial charge on any atom is -0.481 e. The molecule has 0 aliphatic rings. The molecular formula is C24H46O6. The molecule has 4 atom stereocenters. The van der Waals surface area contributed by atoms with Crippen LogP contribution < -0.4 is 0 Å². The van der Waals surface area contributed by atoms with E-state index in [0.717, 1.165) is 25.7 Å². The quantitative estimate of drug-likeness (QED) is 0.327. The summed E-state index contributed by atoms with van der Waals surface area (Å²) in [6.45, 7) is 14.5. The van der Waals surface area contributed by atoms with Crippen molar-refractivity contribution in [1.29, 1.82) is 0 Å². The van der Waals surface area contributed by atoms with Gasteiger partial charge in [0, 0.05) is 0 Å². The van der Waals surface area contributed by atoms with Gasteiger partial charge in [0.1, 0.15) is 0 Å². The number of hydrogen-bond acceptors (Lipinski definition) is 5. The van der Waals surface area contributed by atoms with Gasteiger partial charge in [0.15, 0.2) is 0 Å². The monoisotopic (exact) mass is 430 g/mol. The van der Waals surface area contributed by atoms with Crippen LogP contribution in [0.15, 0.2) is 0 Å². The molecule has 6 nitrogen and oxygen atoms in total. The second-order valence-corrected chi connectivity index (χ2v) is 8.03. The Morgan fingerprint density at radius 3 is 1.80 bits per heavy atom. The number of hydrogen-bond donors (Lipinski definition) is 1. The van der Waals surface area contributed by atoms with Gasteiger partial charge >= 0.3 is 17.9 Å². The molecule has 0 spiro atoms. The highest BCUT2D eigenvalue weighted by molar-refractivity contribution is 5.73. The molecule has 178 valence electrons. The minimum atomic E-state index is -0.706. The first-order valence-electron chi connectivity index (χ1n) is 11.7. The molecule has 0 aromatic heterocycles. The SMILES string of the molecule is CCC(C)C(=O)O.CCCCC(CC)COC(=O)C(CC)CCC(C)C(=O)OCC. The van der Waals surface area contributed by atoms with Gasteiger partial charge < -0.3 is 14.6 Å². The third-order valence-corrected chi connectivity index (χ3v) is 5.50. The predicted molar refractivity (Wildman–Crippen MR) is 120 cm³/mol. The van der Waals surface area contributed by atoms with Gasteiger partial charge in [-0.3, -0.25) is 14.4 Å². The largest absolute Gasteiger partial charge is 0.481 e. The van der Waals surface area contributed by atoms with Gasteiger partial charge in [0.25, 0.3) is 0 Å². The normalized spacial score (nSPS) is 14.5. The van der Waals surface area contributed by atoms with Crippen LogP contribution in [0.4, 0.5) is 0 Å². The van der Waals surface area contributed by atoms with Crippen molar-refractivity contribution in [2.24, 2.45) is 23.7 Å². The fourth-order valence-corrected chi connectivity index (χ4v) is 2.73. The van der Waals surface area contributed by atoms with Crippen LogP contribution in [0, 0.1) is 23.7 Å². The molecule has 0 amide bonds. The molecule has 6 heteroatoms. The van der Waals surface area contributed by atoms with Crippen LogP contribution in [0.5, 0.6) is 0 Å². The Kier molecular flexibility index (Phi) is 19.8. The van der Waals surface area contributed by atoms with Gasteiger partial charge in [-0.25, -0.2) is 0 Å². The lowest BCUT2D eigenvalue weighted by Crippen LogP contribution is -2.23. The first-order chi connectivity index (χ1) is 14.2. The molecule has 1 N–H and O–H groups in total. The number of rotatable bonds is 15. The van der Waals surface area contributed by atoms with Crippen LogP contribution in [-0.4, -0.2) is 36.2 Å². The van der Waals surface area contributed by atoms with E-state index in [2.05, 4.69) is 13.8 Å². The van der Waals surface area contributed by atoms with Crippen LogP contribution in [0.1, 0.15) is 99.8 Å². The summed E-state index contributed by atoms with van der Waals surface area (Å²) in [6, 6.07) is 0. The Bertz CT molecular complexity index is 463. The Hall–Kier alpha value is -1.59. The van der Waals surface area contributed by atoms with Crippen molar-refractivity contribution in [2.45, 2.75) is 99.8 Å². The number of carbonyl (C=O) groups is 3. The number of carbonyl (C=O) groups excluding carboxylic acids is 2. The molecule has 30 heavy (non-hydrogen) atoms. The highest BCUT2D eigenvalue weighted by atomic mass is 16.5. The highest BCUT2D eigenvalue weighted by Crippen LogP contribution is 2.20.